The molecule has 0 aromatic carbocycles. The maximum absolute atomic E-state index is 12.6. The van der Waals surface area contributed by atoms with Crippen molar-refractivity contribution in [3.05, 3.63) is 28.6 Å². The van der Waals surface area contributed by atoms with Gasteiger partial charge in [-0.15, -0.1) is 22.7 Å². The molecule has 2 aromatic rings. The summed E-state index contributed by atoms with van der Waals surface area (Å²) in [6, 6.07) is 3.10. The summed E-state index contributed by atoms with van der Waals surface area (Å²) in [6.07, 6.45) is 2.08. The fourth-order valence-corrected chi connectivity index (χ4v) is 4.00. The Labute approximate surface area is 149 Å². The Morgan fingerprint density at radius 2 is 2.12 bits per heavy atom. The summed E-state index contributed by atoms with van der Waals surface area (Å²) < 4.78 is 0. The number of carbonyl (C=O) groups excluding carboxylic acids is 1. The molecule has 0 aliphatic heterocycles. The second-order valence-corrected chi connectivity index (χ2v) is 7.95. The number of thiophene rings is 1. The third kappa shape index (κ3) is 4.21. The van der Waals surface area contributed by atoms with Gasteiger partial charge in [-0.1, -0.05) is 25.8 Å². The quantitative estimate of drug-likeness (QED) is 0.742. The van der Waals surface area contributed by atoms with Gasteiger partial charge in [0.2, 0.25) is 5.91 Å². The fraction of sp³-hybridized carbons (Fsp3) is 0.471. The molecule has 0 spiro atoms. The number of carboxylic acid groups (broad SMARTS) is 1. The Bertz CT molecular complexity index is 693. The lowest BCUT2D eigenvalue weighted by molar-refractivity contribution is -0.142. The van der Waals surface area contributed by atoms with Crippen LogP contribution in [0.4, 0.5) is 0 Å². The van der Waals surface area contributed by atoms with Gasteiger partial charge in [0.05, 0.1) is 16.0 Å². The molecule has 2 rings (SSSR count). The van der Waals surface area contributed by atoms with E-state index in [2.05, 4.69) is 10.3 Å². The van der Waals surface area contributed by atoms with Crippen LogP contribution < -0.4 is 5.32 Å². The zero-order valence-corrected chi connectivity index (χ0v) is 15.7. The number of hydrogen-bond acceptors (Lipinski definition) is 5. The van der Waals surface area contributed by atoms with Crippen molar-refractivity contribution in [2.24, 2.45) is 0 Å². The van der Waals surface area contributed by atoms with Crippen LogP contribution >= 0.6 is 22.7 Å². The third-order valence-corrected chi connectivity index (χ3v) is 5.78. The summed E-state index contributed by atoms with van der Waals surface area (Å²) in [5.74, 6) is -1.31. The lowest BCUT2D eigenvalue weighted by atomic mass is 9.88. The Balaban J connectivity index is 2.13. The van der Waals surface area contributed by atoms with Crippen LogP contribution in [0.2, 0.25) is 0 Å². The molecule has 2 heterocycles. The summed E-state index contributed by atoms with van der Waals surface area (Å²) in [6.45, 7) is 5.54. The summed E-state index contributed by atoms with van der Waals surface area (Å²) in [5.41, 5.74) is -0.223. The zero-order chi connectivity index (χ0) is 17.7. The van der Waals surface area contributed by atoms with Gasteiger partial charge in [-0.3, -0.25) is 4.79 Å². The van der Waals surface area contributed by atoms with Crippen LogP contribution in [0.1, 0.15) is 45.7 Å². The van der Waals surface area contributed by atoms with Crippen molar-refractivity contribution >= 4 is 34.6 Å². The zero-order valence-electron chi connectivity index (χ0n) is 14.0. The first kappa shape index (κ1) is 18.6. The number of rotatable bonds is 8. The van der Waals surface area contributed by atoms with Gasteiger partial charge in [0.15, 0.2) is 0 Å². The average Bonchev–Trinajstić information content (AvgIpc) is 3.20. The number of aliphatic carboxylic acids is 1. The molecule has 0 aliphatic carbocycles. The summed E-state index contributed by atoms with van der Waals surface area (Å²) in [5, 5.41) is 16.7. The second kappa shape index (κ2) is 7.90. The molecule has 1 atom stereocenters. The largest absolute Gasteiger partial charge is 0.480 e. The first-order chi connectivity index (χ1) is 11.4. The van der Waals surface area contributed by atoms with Gasteiger partial charge in [0.1, 0.15) is 11.0 Å². The molecule has 7 heteroatoms. The third-order valence-electron chi connectivity index (χ3n) is 3.89. The highest BCUT2D eigenvalue weighted by atomic mass is 32.1. The lowest BCUT2D eigenvalue weighted by Crippen LogP contribution is -2.48. The maximum Gasteiger partial charge on any atom is 0.326 e. The van der Waals surface area contributed by atoms with Crippen LogP contribution in [0.3, 0.4) is 0 Å². The molecule has 5 nitrogen and oxygen atoms in total. The highest BCUT2D eigenvalue weighted by Crippen LogP contribution is 2.32. The molecule has 0 saturated carbocycles. The minimum Gasteiger partial charge on any atom is -0.480 e. The standard InChI is InChI=1S/C17H22N2O3S2/c1-4-5-7-11(15(20)21)18-16(22)17(2,3)13-10-24-14(19-13)12-8-6-9-23-12/h6,8-11H,4-5,7H2,1-3H3,(H,18,22)(H,20,21). The molecule has 1 unspecified atom stereocenters. The second-order valence-electron chi connectivity index (χ2n) is 6.15. The first-order valence-corrected chi connectivity index (χ1v) is 9.65. The Kier molecular flexibility index (Phi) is 6.12. The van der Waals surface area contributed by atoms with Gasteiger partial charge in [-0.05, 0) is 31.7 Å². The van der Waals surface area contributed by atoms with Crippen LogP contribution in [-0.2, 0) is 15.0 Å². The number of unbranched alkanes of at least 4 members (excludes halogenated alkanes) is 1. The van der Waals surface area contributed by atoms with Crippen molar-refractivity contribution in [1.29, 1.82) is 0 Å². The Morgan fingerprint density at radius 3 is 2.71 bits per heavy atom. The lowest BCUT2D eigenvalue weighted by Gasteiger charge is -2.24. The van der Waals surface area contributed by atoms with Crippen molar-refractivity contribution < 1.29 is 14.7 Å². The van der Waals surface area contributed by atoms with Gasteiger partial charge in [-0.25, -0.2) is 9.78 Å². The molecule has 24 heavy (non-hydrogen) atoms. The van der Waals surface area contributed by atoms with E-state index in [9.17, 15) is 14.7 Å². The predicted molar refractivity (Wildman–Crippen MR) is 97.5 cm³/mol. The number of aromatic nitrogens is 1. The summed E-state index contributed by atoms with van der Waals surface area (Å²) in [4.78, 5) is 29.6. The molecule has 1 amide bonds. The normalized spacial score (nSPS) is 12.8. The van der Waals surface area contributed by atoms with E-state index in [1.807, 2.05) is 29.8 Å². The SMILES string of the molecule is CCCCC(NC(=O)C(C)(C)c1csc(-c2cccs2)n1)C(=O)O. The Morgan fingerprint density at radius 1 is 1.38 bits per heavy atom. The number of hydrogen-bond donors (Lipinski definition) is 2. The minimum atomic E-state index is -0.995. The molecule has 2 aromatic heterocycles. The van der Waals surface area contributed by atoms with Crippen LogP contribution in [-0.4, -0.2) is 28.0 Å². The number of nitrogens with one attached hydrogen (secondary N) is 1. The van der Waals surface area contributed by atoms with Crippen LogP contribution in [0.15, 0.2) is 22.9 Å². The maximum atomic E-state index is 12.6. The highest BCUT2D eigenvalue weighted by molar-refractivity contribution is 7.20. The van der Waals surface area contributed by atoms with E-state index in [1.54, 1.807) is 25.2 Å². The van der Waals surface area contributed by atoms with E-state index >= 15 is 0 Å². The molecule has 0 radical (unpaired) electrons. The van der Waals surface area contributed by atoms with Gasteiger partial charge in [0, 0.05) is 5.38 Å². The van der Waals surface area contributed by atoms with Crippen molar-refractivity contribution in [2.75, 3.05) is 0 Å². The van der Waals surface area contributed by atoms with Crippen LogP contribution in [0.25, 0.3) is 9.88 Å². The fourth-order valence-electron chi connectivity index (χ4n) is 2.19. The van der Waals surface area contributed by atoms with Crippen LogP contribution in [0.5, 0.6) is 0 Å². The number of carboxylic acids is 1. The summed E-state index contributed by atoms with van der Waals surface area (Å²) in [7, 11) is 0. The van der Waals surface area contributed by atoms with Gasteiger partial charge >= 0.3 is 5.97 Å². The van der Waals surface area contributed by atoms with Gasteiger partial charge in [0.25, 0.3) is 0 Å². The molecule has 0 bridgehead atoms. The van der Waals surface area contributed by atoms with E-state index in [1.165, 1.54) is 11.3 Å². The first-order valence-electron chi connectivity index (χ1n) is 7.90. The molecule has 0 aliphatic rings. The van der Waals surface area contributed by atoms with E-state index in [0.717, 1.165) is 22.7 Å². The minimum absolute atomic E-state index is 0.311. The van der Waals surface area contributed by atoms with Crippen molar-refractivity contribution in [3.8, 4) is 9.88 Å². The van der Waals surface area contributed by atoms with E-state index in [0.29, 0.717) is 12.1 Å². The summed E-state index contributed by atoms with van der Waals surface area (Å²) >= 11 is 3.10. The van der Waals surface area contributed by atoms with E-state index in [4.69, 9.17) is 0 Å². The smallest absolute Gasteiger partial charge is 0.326 e. The molecule has 130 valence electrons. The number of amides is 1. The topological polar surface area (TPSA) is 79.3 Å². The number of thiazole rings is 1. The van der Waals surface area contributed by atoms with Crippen molar-refractivity contribution in [1.82, 2.24) is 10.3 Å². The van der Waals surface area contributed by atoms with Crippen LogP contribution in [0, 0.1) is 0 Å². The number of carbonyl (C=O) groups is 2. The van der Waals surface area contributed by atoms with Crippen molar-refractivity contribution in [3.63, 3.8) is 0 Å². The number of nitrogens with zero attached hydrogens (tertiary/aromatic N) is 1. The van der Waals surface area contributed by atoms with Gasteiger partial charge < -0.3 is 10.4 Å². The average molecular weight is 367 g/mol. The predicted octanol–water partition coefficient (Wildman–Crippen LogP) is 3.91. The monoisotopic (exact) mass is 366 g/mol. The molecular weight excluding hydrogens is 344 g/mol. The molecule has 0 saturated heterocycles. The molecule has 2 N–H and O–H groups in total. The van der Waals surface area contributed by atoms with Crippen molar-refractivity contribution in [2.45, 2.75) is 51.5 Å². The Hall–Kier alpha value is -1.73. The van der Waals surface area contributed by atoms with E-state index in [-0.39, 0.29) is 5.91 Å². The van der Waals surface area contributed by atoms with Gasteiger partial charge in [-0.2, -0.15) is 0 Å². The molecular formula is C17H22N2O3S2. The highest BCUT2D eigenvalue weighted by Gasteiger charge is 2.35. The van der Waals surface area contributed by atoms with E-state index < -0.39 is 17.4 Å². The molecule has 0 fully saturated rings.